The van der Waals surface area contributed by atoms with E-state index in [-0.39, 0.29) is 17.9 Å². The molecule has 1 aromatic heterocycles. The average molecular weight is 196 g/mol. The van der Waals surface area contributed by atoms with Gasteiger partial charge < -0.3 is 9.30 Å². The lowest BCUT2D eigenvalue weighted by Gasteiger charge is -2.19. The maximum atomic E-state index is 11.6. The van der Waals surface area contributed by atoms with Crippen LogP contribution in [0.5, 0.6) is 0 Å². The third kappa shape index (κ3) is 2.34. The molecule has 0 radical (unpaired) electrons. The Morgan fingerprint density at radius 1 is 1.57 bits per heavy atom. The van der Waals surface area contributed by atoms with Crippen molar-refractivity contribution in [2.24, 2.45) is 5.92 Å². The van der Waals surface area contributed by atoms with E-state index in [2.05, 4.69) is 4.98 Å². The van der Waals surface area contributed by atoms with Gasteiger partial charge in [0.05, 0.1) is 12.9 Å². The Morgan fingerprint density at radius 3 is 2.71 bits per heavy atom. The van der Waals surface area contributed by atoms with Gasteiger partial charge in [0.25, 0.3) is 0 Å². The molecule has 0 aliphatic rings. The van der Waals surface area contributed by atoms with E-state index in [1.807, 2.05) is 20.8 Å². The van der Waals surface area contributed by atoms with Gasteiger partial charge in [-0.05, 0) is 12.8 Å². The monoisotopic (exact) mass is 196 g/mol. The van der Waals surface area contributed by atoms with E-state index >= 15 is 0 Å². The number of hydrogen-bond donors (Lipinski definition) is 0. The van der Waals surface area contributed by atoms with Crippen molar-refractivity contribution in [2.45, 2.75) is 26.8 Å². The second-order valence-electron chi connectivity index (χ2n) is 3.45. The Balaban J connectivity index is 2.80. The number of hydrogen-bond acceptors (Lipinski definition) is 3. The van der Waals surface area contributed by atoms with Crippen LogP contribution in [-0.2, 0) is 9.53 Å². The first-order valence-corrected chi connectivity index (χ1v) is 4.81. The average Bonchev–Trinajstić information content (AvgIpc) is 2.57. The summed E-state index contributed by atoms with van der Waals surface area (Å²) in [6, 6.07) is -0.266. The Kier molecular flexibility index (Phi) is 3.68. The molecule has 4 nitrogen and oxygen atoms in total. The van der Waals surface area contributed by atoms with Crippen molar-refractivity contribution in [3.63, 3.8) is 0 Å². The van der Waals surface area contributed by atoms with Gasteiger partial charge in [-0.15, -0.1) is 0 Å². The van der Waals surface area contributed by atoms with E-state index in [4.69, 9.17) is 4.74 Å². The molecule has 0 aliphatic carbocycles. The van der Waals surface area contributed by atoms with E-state index in [9.17, 15) is 4.79 Å². The summed E-state index contributed by atoms with van der Waals surface area (Å²) < 4.78 is 6.78. The fourth-order valence-corrected chi connectivity index (χ4v) is 1.40. The van der Waals surface area contributed by atoms with Crippen molar-refractivity contribution in [1.29, 1.82) is 0 Å². The maximum absolute atomic E-state index is 11.6. The van der Waals surface area contributed by atoms with Crippen LogP contribution in [0.4, 0.5) is 0 Å². The van der Waals surface area contributed by atoms with Gasteiger partial charge in [-0.3, -0.25) is 0 Å². The highest BCUT2D eigenvalue weighted by molar-refractivity contribution is 5.74. The summed E-state index contributed by atoms with van der Waals surface area (Å²) in [6.07, 6.45) is 5.08. The van der Waals surface area contributed by atoms with E-state index in [1.54, 1.807) is 23.3 Å². The number of esters is 1. The van der Waals surface area contributed by atoms with E-state index < -0.39 is 0 Å². The second-order valence-corrected chi connectivity index (χ2v) is 3.45. The number of carbonyl (C=O) groups is 1. The molecule has 4 heteroatoms. The lowest BCUT2D eigenvalue weighted by Crippen LogP contribution is -2.25. The molecule has 0 unspecified atom stereocenters. The van der Waals surface area contributed by atoms with Crippen LogP contribution in [0.15, 0.2) is 18.7 Å². The SMILES string of the molecule is CCOC(=O)[C@H](C(C)C)n1ccnc1. The van der Waals surface area contributed by atoms with Gasteiger partial charge in [0, 0.05) is 12.4 Å². The standard InChI is InChI=1S/C10H16N2O2/c1-4-14-10(13)9(8(2)3)12-6-5-11-7-12/h5-9H,4H2,1-3H3/t9-/m0/s1. The number of rotatable bonds is 4. The number of carbonyl (C=O) groups excluding carboxylic acids is 1. The molecule has 0 saturated heterocycles. The molecule has 0 spiro atoms. The van der Waals surface area contributed by atoms with Crippen LogP contribution in [0, 0.1) is 5.92 Å². The van der Waals surface area contributed by atoms with Gasteiger partial charge in [0.2, 0.25) is 0 Å². The zero-order valence-corrected chi connectivity index (χ0v) is 8.80. The van der Waals surface area contributed by atoms with Crippen LogP contribution >= 0.6 is 0 Å². The van der Waals surface area contributed by atoms with Crippen molar-refractivity contribution in [2.75, 3.05) is 6.61 Å². The minimum Gasteiger partial charge on any atom is -0.464 e. The second kappa shape index (κ2) is 4.79. The zero-order valence-electron chi connectivity index (χ0n) is 8.80. The lowest BCUT2D eigenvalue weighted by molar-refractivity contribution is -0.148. The predicted octanol–water partition coefficient (Wildman–Crippen LogP) is 1.64. The van der Waals surface area contributed by atoms with Gasteiger partial charge in [-0.2, -0.15) is 0 Å². The zero-order chi connectivity index (χ0) is 10.6. The Morgan fingerprint density at radius 2 is 2.29 bits per heavy atom. The lowest BCUT2D eigenvalue weighted by atomic mass is 10.0. The molecular weight excluding hydrogens is 180 g/mol. The number of nitrogens with zero attached hydrogens (tertiary/aromatic N) is 2. The molecule has 0 aromatic carbocycles. The van der Waals surface area contributed by atoms with Crippen LogP contribution in [-0.4, -0.2) is 22.1 Å². The summed E-state index contributed by atoms with van der Waals surface area (Å²) in [5, 5.41) is 0. The predicted molar refractivity (Wildman–Crippen MR) is 52.7 cm³/mol. The first-order chi connectivity index (χ1) is 6.66. The Bertz CT molecular complexity index is 280. The molecule has 0 saturated carbocycles. The number of imidazole rings is 1. The molecular formula is C10H16N2O2. The summed E-state index contributed by atoms with van der Waals surface area (Å²) in [5.74, 6) is 0.00347. The van der Waals surface area contributed by atoms with Crippen molar-refractivity contribution in [1.82, 2.24) is 9.55 Å². The molecule has 0 bridgehead atoms. The minimum atomic E-state index is -0.266. The molecule has 1 atom stereocenters. The van der Waals surface area contributed by atoms with Crippen molar-refractivity contribution in [3.8, 4) is 0 Å². The van der Waals surface area contributed by atoms with E-state index in [1.165, 1.54) is 0 Å². The molecule has 0 N–H and O–H groups in total. The van der Waals surface area contributed by atoms with Crippen molar-refractivity contribution >= 4 is 5.97 Å². The summed E-state index contributed by atoms with van der Waals surface area (Å²) in [7, 11) is 0. The molecule has 78 valence electrons. The summed E-state index contributed by atoms with van der Waals surface area (Å²) >= 11 is 0. The largest absolute Gasteiger partial charge is 0.464 e. The topological polar surface area (TPSA) is 44.1 Å². The van der Waals surface area contributed by atoms with Crippen molar-refractivity contribution < 1.29 is 9.53 Å². The fraction of sp³-hybridized carbons (Fsp3) is 0.600. The van der Waals surface area contributed by atoms with Gasteiger partial charge in [-0.25, -0.2) is 9.78 Å². The first-order valence-electron chi connectivity index (χ1n) is 4.81. The van der Waals surface area contributed by atoms with E-state index in [0.717, 1.165) is 0 Å². The van der Waals surface area contributed by atoms with Crippen LogP contribution < -0.4 is 0 Å². The molecule has 0 amide bonds. The summed E-state index contributed by atoms with van der Waals surface area (Å²) in [5.41, 5.74) is 0. The molecule has 1 aromatic rings. The van der Waals surface area contributed by atoms with Gasteiger partial charge in [0.1, 0.15) is 6.04 Å². The molecule has 1 heterocycles. The highest BCUT2D eigenvalue weighted by Crippen LogP contribution is 2.18. The molecule has 1 rings (SSSR count). The Labute approximate surface area is 83.9 Å². The normalized spacial score (nSPS) is 12.9. The van der Waals surface area contributed by atoms with Crippen LogP contribution in [0.2, 0.25) is 0 Å². The summed E-state index contributed by atoms with van der Waals surface area (Å²) in [4.78, 5) is 15.5. The van der Waals surface area contributed by atoms with Gasteiger partial charge in [-0.1, -0.05) is 13.8 Å². The molecule has 0 fully saturated rings. The van der Waals surface area contributed by atoms with Crippen LogP contribution in [0.3, 0.4) is 0 Å². The smallest absolute Gasteiger partial charge is 0.329 e. The third-order valence-electron chi connectivity index (χ3n) is 2.01. The highest BCUT2D eigenvalue weighted by atomic mass is 16.5. The van der Waals surface area contributed by atoms with Crippen LogP contribution in [0.1, 0.15) is 26.8 Å². The number of ether oxygens (including phenoxy) is 1. The Hall–Kier alpha value is -1.32. The fourth-order valence-electron chi connectivity index (χ4n) is 1.40. The third-order valence-corrected chi connectivity index (χ3v) is 2.01. The summed E-state index contributed by atoms with van der Waals surface area (Å²) in [6.45, 7) is 6.20. The van der Waals surface area contributed by atoms with Gasteiger partial charge in [0.15, 0.2) is 0 Å². The molecule has 14 heavy (non-hydrogen) atoms. The molecule has 0 aliphatic heterocycles. The van der Waals surface area contributed by atoms with E-state index in [0.29, 0.717) is 6.61 Å². The van der Waals surface area contributed by atoms with Gasteiger partial charge >= 0.3 is 5.97 Å². The highest BCUT2D eigenvalue weighted by Gasteiger charge is 2.24. The first kappa shape index (κ1) is 10.8. The minimum absolute atomic E-state index is 0.194. The van der Waals surface area contributed by atoms with Crippen molar-refractivity contribution in [3.05, 3.63) is 18.7 Å². The quantitative estimate of drug-likeness (QED) is 0.688. The number of aromatic nitrogens is 2. The maximum Gasteiger partial charge on any atom is 0.329 e. The van der Waals surface area contributed by atoms with Crippen LogP contribution in [0.25, 0.3) is 0 Å².